The Hall–Kier alpha value is -1.01. The van der Waals surface area contributed by atoms with Crippen LogP contribution in [-0.4, -0.2) is 58.9 Å². The third-order valence-corrected chi connectivity index (χ3v) is 4.80. The van der Waals surface area contributed by atoms with Gasteiger partial charge in [0.25, 0.3) is 0 Å². The number of anilines is 2. The van der Waals surface area contributed by atoms with Crippen molar-refractivity contribution in [1.29, 1.82) is 0 Å². The zero-order valence-corrected chi connectivity index (χ0v) is 11.8. The molecule has 5 nitrogen and oxygen atoms in total. The van der Waals surface area contributed by atoms with Gasteiger partial charge in [-0.2, -0.15) is 11.8 Å². The van der Waals surface area contributed by atoms with Gasteiger partial charge in [-0.3, -0.25) is 0 Å². The Bertz CT molecular complexity index is 425. The first-order valence-electron chi connectivity index (χ1n) is 6.91. The molecule has 0 amide bonds. The van der Waals surface area contributed by atoms with E-state index < -0.39 is 0 Å². The van der Waals surface area contributed by atoms with E-state index in [1.807, 2.05) is 11.8 Å². The van der Waals surface area contributed by atoms with Crippen molar-refractivity contribution < 1.29 is 5.11 Å². The number of aromatic nitrogens is 2. The molecule has 0 radical (unpaired) electrons. The number of aliphatic hydroxyl groups is 1. The van der Waals surface area contributed by atoms with E-state index in [0.29, 0.717) is 0 Å². The molecular formula is C13H20N4OS. The fraction of sp³-hybridized carbons (Fsp3) is 0.692. The van der Waals surface area contributed by atoms with Crippen molar-refractivity contribution in [3.05, 3.63) is 12.4 Å². The molecule has 0 saturated carbocycles. The molecule has 0 unspecified atom stereocenters. The standard InChI is InChI=1S/C13H20N4OS/c18-9-11-2-1-3-17(11)13-8-12(14-10-15-13)16-4-6-19-7-5-16/h8,10-11,18H,1-7,9H2/t11-/m0/s1. The van der Waals surface area contributed by atoms with Crippen LogP contribution in [0.15, 0.2) is 12.4 Å². The Labute approximate surface area is 118 Å². The van der Waals surface area contributed by atoms with Gasteiger partial charge in [-0.15, -0.1) is 0 Å². The van der Waals surface area contributed by atoms with E-state index in [4.69, 9.17) is 0 Å². The summed E-state index contributed by atoms with van der Waals surface area (Å²) in [6, 6.07) is 2.30. The average molecular weight is 280 g/mol. The van der Waals surface area contributed by atoms with Crippen molar-refractivity contribution in [3.8, 4) is 0 Å². The van der Waals surface area contributed by atoms with E-state index in [0.717, 1.165) is 44.1 Å². The van der Waals surface area contributed by atoms with Crippen LogP contribution in [0.1, 0.15) is 12.8 Å². The van der Waals surface area contributed by atoms with Gasteiger partial charge in [0.15, 0.2) is 0 Å². The summed E-state index contributed by atoms with van der Waals surface area (Å²) >= 11 is 2.00. The van der Waals surface area contributed by atoms with Crippen LogP contribution in [-0.2, 0) is 0 Å². The minimum absolute atomic E-state index is 0.208. The van der Waals surface area contributed by atoms with Gasteiger partial charge in [-0.25, -0.2) is 9.97 Å². The minimum atomic E-state index is 0.208. The normalized spacial score (nSPS) is 23.9. The highest BCUT2D eigenvalue weighted by Crippen LogP contribution is 2.26. The molecule has 1 N–H and O–H groups in total. The molecule has 2 aliphatic heterocycles. The van der Waals surface area contributed by atoms with Crippen LogP contribution in [0.25, 0.3) is 0 Å². The molecule has 1 aromatic heterocycles. The van der Waals surface area contributed by atoms with Gasteiger partial charge in [0, 0.05) is 37.2 Å². The molecule has 3 heterocycles. The predicted molar refractivity (Wildman–Crippen MR) is 79.0 cm³/mol. The molecule has 0 bridgehead atoms. The minimum Gasteiger partial charge on any atom is -0.394 e. The van der Waals surface area contributed by atoms with Crippen molar-refractivity contribution in [2.75, 3.05) is 47.5 Å². The smallest absolute Gasteiger partial charge is 0.134 e. The molecule has 19 heavy (non-hydrogen) atoms. The van der Waals surface area contributed by atoms with Gasteiger partial charge in [0.2, 0.25) is 0 Å². The number of aliphatic hydroxyl groups excluding tert-OH is 1. The molecule has 0 aromatic carbocycles. The van der Waals surface area contributed by atoms with Gasteiger partial charge in [-0.05, 0) is 12.8 Å². The van der Waals surface area contributed by atoms with Gasteiger partial charge < -0.3 is 14.9 Å². The number of hydrogen-bond donors (Lipinski definition) is 1. The Morgan fingerprint density at radius 1 is 1.21 bits per heavy atom. The van der Waals surface area contributed by atoms with Gasteiger partial charge in [0.1, 0.15) is 18.0 Å². The summed E-state index contributed by atoms with van der Waals surface area (Å²) in [5.74, 6) is 4.32. The molecule has 0 aliphatic carbocycles. The Morgan fingerprint density at radius 2 is 2.00 bits per heavy atom. The average Bonchev–Trinajstić information content (AvgIpc) is 2.97. The van der Waals surface area contributed by atoms with Crippen LogP contribution in [0.4, 0.5) is 11.6 Å². The number of nitrogens with zero attached hydrogens (tertiary/aromatic N) is 4. The van der Waals surface area contributed by atoms with Crippen LogP contribution < -0.4 is 9.80 Å². The lowest BCUT2D eigenvalue weighted by Crippen LogP contribution is -2.35. The summed E-state index contributed by atoms with van der Waals surface area (Å²) in [5, 5.41) is 9.42. The number of rotatable bonds is 3. The van der Waals surface area contributed by atoms with Crippen LogP contribution >= 0.6 is 11.8 Å². The molecule has 2 fully saturated rings. The quantitative estimate of drug-likeness (QED) is 0.891. The Morgan fingerprint density at radius 3 is 2.79 bits per heavy atom. The largest absolute Gasteiger partial charge is 0.394 e. The zero-order chi connectivity index (χ0) is 13.1. The van der Waals surface area contributed by atoms with Crippen LogP contribution in [0.2, 0.25) is 0 Å². The second-order valence-corrected chi connectivity index (χ2v) is 6.23. The van der Waals surface area contributed by atoms with Crippen LogP contribution in [0.5, 0.6) is 0 Å². The highest BCUT2D eigenvalue weighted by atomic mass is 32.2. The number of hydrogen-bond acceptors (Lipinski definition) is 6. The molecule has 104 valence electrons. The highest BCUT2D eigenvalue weighted by Gasteiger charge is 2.25. The first-order chi connectivity index (χ1) is 9.38. The lowest BCUT2D eigenvalue weighted by atomic mass is 10.2. The van der Waals surface area contributed by atoms with E-state index in [2.05, 4.69) is 25.8 Å². The van der Waals surface area contributed by atoms with Gasteiger partial charge in [-0.1, -0.05) is 0 Å². The lowest BCUT2D eigenvalue weighted by Gasteiger charge is -2.29. The predicted octanol–water partition coefficient (Wildman–Crippen LogP) is 0.991. The summed E-state index contributed by atoms with van der Waals surface area (Å²) in [6.45, 7) is 3.31. The maximum atomic E-state index is 9.42. The molecule has 2 aliphatic rings. The Balaban J connectivity index is 1.79. The lowest BCUT2D eigenvalue weighted by molar-refractivity contribution is 0.266. The molecular weight excluding hydrogens is 260 g/mol. The molecule has 2 saturated heterocycles. The van der Waals surface area contributed by atoms with E-state index in [9.17, 15) is 5.11 Å². The van der Waals surface area contributed by atoms with E-state index in [1.54, 1.807) is 6.33 Å². The molecule has 6 heteroatoms. The zero-order valence-electron chi connectivity index (χ0n) is 11.0. The summed E-state index contributed by atoms with van der Waals surface area (Å²) in [4.78, 5) is 13.3. The molecule has 3 rings (SSSR count). The fourth-order valence-electron chi connectivity index (χ4n) is 2.79. The second kappa shape index (κ2) is 5.96. The van der Waals surface area contributed by atoms with Crippen molar-refractivity contribution in [2.24, 2.45) is 0 Å². The van der Waals surface area contributed by atoms with Crippen molar-refractivity contribution in [2.45, 2.75) is 18.9 Å². The molecule has 1 atom stereocenters. The molecule has 1 aromatic rings. The second-order valence-electron chi connectivity index (χ2n) is 5.01. The first-order valence-corrected chi connectivity index (χ1v) is 8.06. The maximum Gasteiger partial charge on any atom is 0.134 e. The van der Waals surface area contributed by atoms with Crippen LogP contribution in [0.3, 0.4) is 0 Å². The summed E-state index contributed by atoms with van der Waals surface area (Å²) in [5.41, 5.74) is 0. The summed E-state index contributed by atoms with van der Waals surface area (Å²) < 4.78 is 0. The Kier molecular flexibility index (Phi) is 4.08. The van der Waals surface area contributed by atoms with Gasteiger partial charge in [0.05, 0.1) is 12.6 Å². The summed E-state index contributed by atoms with van der Waals surface area (Å²) in [7, 11) is 0. The third kappa shape index (κ3) is 2.79. The van der Waals surface area contributed by atoms with E-state index in [1.165, 1.54) is 11.5 Å². The number of thioether (sulfide) groups is 1. The van der Waals surface area contributed by atoms with Crippen molar-refractivity contribution >= 4 is 23.4 Å². The van der Waals surface area contributed by atoms with Gasteiger partial charge >= 0.3 is 0 Å². The monoisotopic (exact) mass is 280 g/mol. The fourth-order valence-corrected chi connectivity index (χ4v) is 3.69. The van der Waals surface area contributed by atoms with E-state index in [-0.39, 0.29) is 12.6 Å². The maximum absolute atomic E-state index is 9.42. The van der Waals surface area contributed by atoms with Crippen molar-refractivity contribution in [3.63, 3.8) is 0 Å². The third-order valence-electron chi connectivity index (χ3n) is 3.86. The van der Waals surface area contributed by atoms with Crippen LogP contribution in [0, 0.1) is 0 Å². The summed E-state index contributed by atoms with van der Waals surface area (Å²) in [6.07, 6.45) is 3.83. The highest BCUT2D eigenvalue weighted by molar-refractivity contribution is 7.99. The molecule has 0 spiro atoms. The first kappa shape index (κ1) is 13.0. The topological polar surface area (TPSA) is 52.5 Å². The van der Waals surface area contributed by atoms with E-state index >= 15 is 0 Å². The van der Waals surface area contributed by atoms with Crippen molar-refractivity contribution in [1.82, 2.24) is 9.97 Å². The SMILES string of the molecule is OC[C@@H]1CCCN1c1cc(N2CCSCC2)ncn1.